The molecule has 1 atom stereocenters. The second-order valence-corrected chi connectivity index (χ2v) is 8.76. The highest BCUT2D eigenvalue weighted by Crippen LogP contribution is 2.23. The van der Waals surface area contributed by atoms with Crippen molar-refractivity contribution in [1.29, 1.82) is 0 Å². The molecule has 1 heterocycles. The number of nitrogens with one attached hydrogen (secondary N) is 2. The predicted molar refractivity (Wildman–Crippen MR) is 99.1 cm³/mol. The van der Waals surface area contributed by atoms with Gasteiger partial charge in [0.15, 0.2) is 5.96 Å². The third-order valence-electron chi connectivity index (χ3n) is 4.32. The molecule has 1 aliphatic rings. The third kappa shape index (κ3) is 5.17. The molecule has 25 heavy (non-hydrogen) atoms. The molecule has 7 nitrogen and oxygen atoms in total. The van der Waals surface area contributed by atoms with E-state index < -0.39 is 10.0 Å². The summed E-state index contributed by atoms with van der Waals surface area (Å²) in [5, 5.41) is 6.52. The standard InChI is InChI=1S/C17H28N4O3S/c1-17(10-5-11-24-17)13-20-16(18-2)19-12-14-6-8-15(9-7-14)25(22,23)21(3)4/h6-9H,5,10-13H2,1-4H3,(H2,18,19,20). The van der Waals surface area contributed by atoms with Crippen LogP contribution in [-0.4, -0.2) is 58.6 Å². The van der Waals surface area contributed by atoms with Gasteiger partial charge in [0.25, 0.3) is 0 Å². The van der Waals surface area contributed by atoms with E-state index in [1.54, 1.807) is 31.3 Å². The number of guanidine groups is 1. The summed E-state index contributed by atoms with van der Waals surface area (Å²) in [5.41, 5.74) is 0.837. The largest absolute Gasteiger partial charge is 0.373 e. The van der Waals surface area contributed by atoms with E-state index in [2.05, 4.69) is 22.5 Å². The zero-order valence-corrected chi connectivity index (χ0v) is 16.2. The fraction of sp³-hybridized carbons (Fsp3) is 0.588. The average Bonchev–Trinajstić information content (AvgIpc) is 3.02. The molecule has 0 saturated carbocycles. The van der Waals surface area contributed by atoms with Crippen molar-refractivity contribution in [2.45, 2.75) is 36.8 Å². The Labute approximate surface area is 150 Å². The molecule has 0 aliphatic carbocycles. The van der Waals surface area contributed by atoms with Crippen molar-refractivity contribution in [2.24, 2.45) is 4.99 Å². The van der Waals surface area contributed by atoms with Gasteiger partial charge in [-0.2, -0.15) is 0 Å². The SMILES string of the molecule is CN=C(NCc1ccc(S(=O)(=O)N(C)C)cc1)NCC1(C)CCCO1. The number of aliphatic imine (C=N–C) groups is 1. The lowest BCUT2D eigenvalue weighted by Gasteiger charge is -2.24. The summed E-state index contributed by atoms with van der Waals surface area (Å²) < 4.78 is 31.1. The number of hydrogen-bond acceptors (Lipinski definition) is 4. The molecule has 1 aromatic carbocycles. The van der Waals surface area contributed by atoms with E-state index in [0.29, 0.717) is 19.0 Å². The number of hydrogen-bond donors (Lipinski definition) is 2. The summed E-state index contributed by atoms with van der Waals surface area (Å²) in [6.45, 7) is 4.17. The van der Waals surface area contributed by atoms with E-state index in [1.165, 1.54) is 18.4 Å². The topological polar surface area (TPSA) is 83.0 Å². The predicted octanol–water partition coefficient (Wildman–Crippen LogP) is 1.17. The van der Waals surface area contributed by atoms with Gasteiger partial charge in [0, 0.05) is 40.8 Å². The Bertz CT molecular complexity index is 693. The van der Waals surface area contributed by atoms with Crippen molar-refractivity contribution in [3.05, 3.63) is 29.8 Å². The first-order valence-corrected chi connectivity index (χ1v) is 9.81. The monoisotopic (exact) mass is 368 g/mol. The molecule has 0 bridgehead atoms. The van der Waals surface area contributed by atoms with Gasteiger partial charge >= 0.3 is 0 Å². The van der Waals surface area contributed by atoms with E-state index in [9.17, 15) is 8.42 Å². The van der Waals surface area contributed by atoms with Crippen molar-refractivity contribution in [1.82, 2.24) is 14.9 Å². The Morgan fingerprint density at radius 3 is 2.48 bits per heavy atom. The summed E-state index contributed by atoms with van der Waals surface area (Å²) in [5.74, 6) is 0.696. The Hall–Kier alpha value is -1.64. The smallest absolute Gasteiger partial charge is 0.242 e. The highest BCUT2D eigenvalue weighted by molar-refractivity contribution is 7.89. The van der Waals surface area contributed by atoms with Gasteiger partial charge < -0.3 is 15.4 Å². The molecular weight excluding hydrogens is 340 g/mol. The molecule has 0 aromatic heterocycles. The van der Waals surface area contributed by atoms with Gasteiger partial charge in [-0.25, -0.2) is 12.7 Å². The lowest BCUT2D eigenvalue weighted by Crippen LogP contribution is -2.45. The number of benzene rings is 1. The molecule has 0 radical (unpaired) electrons. The number of nitrogens with zero attached hydrogens (tertiary/aromatic N) is 2. The summed E-state index contributed by atoms with van der Waals surface area (Å²) in [6, 6.07) is 6.85. The van der Waals surface area contributed by atoms with Crippen molar-refractivity contribution in [2.75, 3.05) is 34.3 Å². The molecule has 0 amide bonds. The van der Waals surface area contributed by atoms with E-state index in [4.69, 9.17) is 4.74 Å². The molecule has 8 heteroatoms. The summed E-state index contributed by atoms with van der Waals surface area (Å²) in [6.07, 6.45) is 2.13. The van der Waals surface area contributed by atoms with Crippen LogP contribution in [0.2, 0.25) is 0 Å². The minimum atomic E-state index is -3.39. The molecule has 2 rings (SSSR count). The van der Waals surface area contributed by atoms with Gasteiger partial charge in [-0.1, -0.05) is 12.1 Å². The third-order valence-corrected chi connectivity index (χ3v) is 6.15. The first kappa shape index (κ1) is 19.7. The second-order valence-electron chi connectivity index (χ2n) is 6.61. The van der Waals surface area contributed by atoms with Crippen molar-refractivity contribution < 1.29 is 13.2 Å². The molecule has 140 valence electrons. The molecule has 1 unspecified atom stereocenters. The van der Waals surface area contributed by atoms with Gasteiger partial charge in [0.05, 0.1) is 10.5 Å². The Morgan fingerprint density at radius 2 is 1.96 bits per heavy atom. The fourth-order valence-corrected chi connectivity index (χ4v) is 3.55. The van der Waals surface area contributed by atoms with Crippen LogP contribution in [0.15, 0.2) is 34.2 Å². The van der Waals surface area contributed by atoms with Crippen LogP contribution in [0.25, 0.3) is 0 Å². The minimum absolute atomic E-state index is 0.139. The number of sulfonamides is 1. The van der Waals surface area contributed by atoms with E-state index in [1.807, 2.05) is 0 Å². The maximum Gasteiger partial charge on any atom is 0.242 e. The van der Waals surface area contributed by atoms with Gasteiger partial charge in [-0.15, -0.1) is 0 Å². The van der Waals surface area contributed by atoms with Gasteiger partial charge in [-0.05, 0) is 37.5 Å². The highest BCUT2D eigenvalue weighted by atomic mass is 32.2. The minimum Gasteiger partial charge on any atom is -0.373 e. The van der Waals surface area contributed by atoms with Crippen LogP contribution in [0.4, 0.5) is 0 Å². The average molecular weight is 369 g/mol. The zero-order valence-electron chi connectivity index (χ0n) is 15.4. The number of ether oxygens (including phenoxy) is 1. The molecule has 1 aliphatic heterocycles. The second kappa shape index (κ2) is 8.16. The Balaban J connectivity index is 1.89. The van der Waals surface area contributed by atoms with E-state index in [0.717, 1.165) is 25.0 Å². The summed E-state index contributed by atoms with van der Waals surface area (Å²) in [7, 11) is 1.38. The molecule has 0 spiro atoms. The summed E-state index contributed by atoms with van der Waals surface area (Å²) >= 11 is 0. The molecule has 2 N–H and O–H groups in total. The molecule has 1 fully saturated rings. The van der Waals surface area contributed by atoms with Crippen molar-refractivity contribution in [3.8, 4) is 0 Å². The lowest BCUT2D eigenvalue weighted by atomic mass is 10.0. The van der Waals surface area contributed by atoms with Crippen LogP contribution in [0.3, 0.4) is 0 Å². The van der Waals surface area contributed by atoms with Gasteiger partial charge in [0.2, 0.25) is 10.0 Å². The van der Waals surface area contributed by atoms with Gasteiger partial charge in [0.1, 0.15) is 0 Å². The molecular formula is C17H28N4O3S. The van der Waals surface area contributed by atoms with Crippen molar-refractivity contribution in [3.63, 3.8) is 0 Å². The fourth-order valence-electron chi connectivity index (χ4n) is 2.64. The lowest BCUT2D eigenvalue weighted by molar-refractivity contribution is 0.0243. The van der Waals surface area contributed by atoms with Crippen molar-refractivity contribution >= 4 is 16.0 Å². The highest BCUT2D eigenvalue weighted by Gasteiger charge is 2.29. The Kier molecular flexibility index (Phi) is 6.42. The van der Waals surface area contributed by atoms with E-state index >= 15 is 0 Å². The molecule has 1 saturated heterocycles. The molecule has 1 aromatic rings. The maximum absolute atomic E-state index is 12.1. The van der Waals surface area contributed by atoms with Crippen LogP contribution in [0.5, 0.6) is 0 Å². The maximum atomic E-state index is 12.1. The first-order valence-electron chi connectivity index (χ1n) is 8.37. The first-order chi connectivity index (χ1) is 11.8. The van der Waals surface area contributed by atoms with Crippen LogP contribution in [-0.2, 0) is 21.3 Å². The van der Waals surface area contributed by atoms with Gasteiger partial charge in [-0.3, -0.25) is 4.99 Å². The zero-order chi connectivity index (χ0) is 18.5. The number of rotatable bonds is 6. The van der Waals surface area contributed by atoms with E-state index in [-0.39, 0.29) is 10.5 Å². The quantitative estimate of drug-likeness (QED) is 0.582. The van der Waals surface area contributed by atoms with Crippen LogP contribution < -0.4 is 10.6 Å². The van der Waals surface area contributed by atoms with Crippen LogP contribution in [0, 0.1) is 0 Å². The Morgan fingerprint density at radius 1 is 1.28 bits per heavy atom. The normalized spacial score (nSPS) is 21.6. The summed E-state index contributed by atoms with van der Waals surface area (Å²) in [4.78, 5) is 4.50. The van der Waals surface area contributed by atoms with Crippen LogP contribution >= 0.6 is 0 Å². The van der Waals surface area contributed by atoms with Crippen LogP contribution in [0.1, 0.15) is 25.3 Å².